The van der Waals surface area contributed by atoms with Crippen molar-refractivity contribution in [3.8, 4) is 0 Å². The van der Waals surface area contributed by atoms with Crippen molar-refractivity contribution in [3.63, 3.8) is 0 Å². The van der Waals surface area contributed by atoms with Crippen LogP contribution in [0.2, 0.25) is 0 Å². The van der Waals surface area contributed by atoms with E-state index in [9.17, 15) is 4.79 Å². The van der Waals surface area contributed by atoms with E-state index in [1.165, 1.54) is 18.2 Å². The lowest BCUT2D eigenvalue weighted by molar-refractivity contribution is 0.0562. The van der Waals surface area contributed by atoms with Gasteiger partial charge in [-0.3, -0.25) is 0 Å². The van der Waals surface area contributed by atoms with E-state index in [4.69, 9.17) is 4.42 Å². The molecule has 0 radical (unpaired) electrons. The monoisotopic (exact) mass is 273 g/mol. The molecular weight excluding hydrogens is 254 g/mol. The van der Waals surface area contributed by atoms with Gasteiger partial charge in [-0.15, -0.1) is 0 Å². The third-order valence-electron chi connectivity index (χ3n) is 3.21. The molecule has 2 rings (SSSR count). The molecule has 0 amide bonds. The number of carbonyl (C=O) groups is 1. The van der Waals surface area contributed by atoms with Gasteiger partial charge in [-0.1, -0.05) is 12.1 Å². The fourth-order valence-electron chi connectivity index (χ4n) is 1.99. The first-order valence-electron chi connectivity index (χ1n) is 6.53. The molecule has 1 N–H and O–H groups in total. The Hall–Kier alpha value is -2.23. The van der Waals surface area contributed by atoms with Gasteiger partial charge in [-0.05, 0) is 50.1 Å². The van der Waals surface area contributed by atoms with Crippen molar-refractivity contribution in [2.45, 2.75) is 26.8 Å². The van der Waals surface area contributed by atoms with Gasteiger partial charge in [0, 0.05) is 5.69 Å². The molecule has 20 heavy (non-hydrogen) atoms. The predicted molar refractivity (Wildman–Crippen MR) is 78.0 cm³/mol. The molecule has 1 unspecified atom stereocenters. The Bertz CT molecular complexity index is 616. The number of rotatable bonds is 4. The van der Waals surface area contributed by atoms with Crippen LogP contribution in [0.25, 0.3) is 0 Å². The standard InChI is InChI=1S/C16H19NO3/c1-10-5-6-11(2)13(9-10)17-12(3)14-7-8-15(20-14)16(18)19-4/h5-9,12,17H,1-4H3. The number of aryl methyl sites for hydroxylation is 2. The molecule has 106 valence electrons. The number of furan rings is 1. The van der Waals surface area contributed by atoms with Crippen LogP contribution < -0.4 is 5.32 Å². The average molecular weight is 273 g/mol. The SMILES string of the molecule is COC(=O)c1ccc(C(C)Nc2cc(C)ccc2C)o1. The Kier molecular flexibility index (Phi) is 4.13. The second kappa shape index (κ2) is 5.82. The van der Waals surface area contributed by atoms with Crippen molar-refractivity contribution < 1.29 is 13.9 Å². The van der Waals surface area contributed by atoms with Crippen LogP contribution in [-0.2, 0) is 4.74 Å². The summed E-state index contributed by atoms with van der Waals surface area (Å²) in [6, 6.07) is 9.63. The third-order valence-corrected chi connectivity index (χ3v) is 3.21. The van der Waals surface area contributed by atoms with Crippen molar-refractivity contribution >= 4 is 11.7 Å². The number of ether oxygens (including phenoxy) is 1. The van der Waals surface area contributed by atoms with Crippen LogP contribution in [0.5, 0.6) is 0 Å². The van der Waals surface area contributed by atoms with Gasteiger partial charge in [0.05, 0.1) is 13.2 Å². The Labute approximate surface area is 118 Å². The molecule has 0 saturated heterocycles. The number of anilines is 1. The Morgan fingerprint density at radius 2 is 2.00 bits per heavy atom. The van der Waals surface area contributed by atoms with E-state index < -0.39 is 5.97 Å². The lowest BCUT2D eigenvalue weighted by Crippen LogP contribution is -2.07. The first-order chi connectivity index (χ1) is 9.51. The van der Waals surface area contributed by atoms with E-state index in [0.717, 1.165) is 5.69 Å². The van der Waals surface area contributed by atoms with Crippen molar-refractivity contribution in [1.29, 1.82) is 0 Å². The number of carbonyl (C=O) groups excluding carboxylic acids is 1. The number of hydrogen-bond donors (Lipinski definition) is 1. The zero-order valence-electron chi connectivity index (χ0n) is 12.2. The molecule has 0 fully saturated rings. The summed E-state index contributed by atoms with van der Waals surface area (Å²) in [5.41, 5.74) is 3.43. The molecule has 0 spiro atoms. The second-order valence-electron chi connectivity index (χ2n) is 4.88. The number of nitrogens with one attached hydrogen (secondary N) is 1. The van der Waals surface area contributed by atoms with Gasteiger partial charge in [0.2, 0.25) is 5.76 Å². The molecule has 0 aliphatic heterocycles. The van der Waals surface area contributed by atoms with Gasteiger partial charge < -0.3 is 14.5 Å². The summed E-state index contributed by atoms with van der Waals surface area (Å²) < 4.78 is 10.1. The second-order valence-corrected chi connectivity index (χ2v) is 4.88. The van der Waals surface area contributed by atoms with Gasteiger partial charge in [0.1, 0.15) is 5.76 Å². The molecule has 1 atom stereocenters. The summed E-state index contributed by atoms with van der Waals surface area (Å²) in [5, 5.41) is 3.39. The highest BCUT2D eigenvalue weighted by Gasteiger charge is 2.15. The van der Waals surface area contributed by atoms with Crippen molar-refractivity contribution in [3.05, 3.63) is 53.0 Å². The van der Waals surface area contributed by atoms with Gasteiger partial charge in [0.15, 0.2) is 0 Å². The van der Waals surface area contributed by atoms with Gasteiger partial charge in [-0.2, -0.15) is 0 Å². The minimum atomic E-state index is -0.463. The van der Waals surface area contributed by atoms with Crippen molar-refractivity contribution in [2.75, 3.05) is 12.4 Å². The lowest BCUT2D eigenvalue weighted by atomic mass is 10.1. The van der Waals surface area contributed by atoms with Crippen molar-refractivity contribution in [1.82, 2.24) is 0 Å². The summed E-state index contributed by atoms with van der Waals surface area (Å²) in [7, 11) is 1.34. The highest BCUT2D eigenvalue weighted by Crippen LogP contribution is 2.24. The maximum absolute atomic E-state index is 11.4. The molecule has 1 aromatic heterocycles. The van der Waals surface area contributed by atoms with E-state index in [1.54, 1.807) is 12.1 Å². The fraction of sp³-hybridized carbons (Fsp3) is 0.312. The zero-order chi connectivity index (χ0) is 14.7. The Morgan fingerprint density at radius 1 is 1.25 bits per heavy atom. The van der Waals surface area contributed by atoms with Crippen LogP contribution in [0.1, 0.15) is 40.4 Å². The van der Waals surface area contributed by atoms with Crippen LogP contribution in [0.15, 0.2) is 34.7 Å². The zero-order valence-corrected chi connectivity index (χ0v) is 12.2. The molecule has 2 aromatic rings. The van der Waals surface area contributed by atoms with Crippen LogP contribution in [-0.4, -0.2) is 13.1 Å². The average Bonchev–Trinajstić information content (AvgIpc) is 2.91. The molecule has 4 nitrogen and oxygen atoms in total. The van der Waals surface area contributed by atoms with Crippen LogP contribution in [0.4, 0.5) is 5.69 Å². The highest BCUT2D eigenvalue weighted by molar-refractivity contribution is 5.86. The summed E-state index contributed by atoms with van der Waals surface area (Å²) in [4.78, 5) is 11.4. The molecular formula is C16H19NO3. The van der Waals surface area contributed by atoms with Crippen LogP contribution >= 0.6 is 0 Å². The summed E-state index contributed by atoms with van der Waals surface area (Å²) in [5.74, 6) is 0.457. The highest BCUT2D eigenvalue weighted by atomic mass is 16.5. The molecule has 4 heteroatoms. The van der Waals surface area contributed by atoms with Crippen LogP contribution in [0, 0.1) is 13.8 Å². The summed E-state index contributed by atoms with van der Waals surface area (Å²) in [6.45, 7) is 6.09. The predicted octanol–water partition coefficient (Wildman–Crippen LogP) is 3.86. The number of esters is 1. The molecule has 0 aliphatic carbocycles. The maximum atomic E-state index is 11.4. The van der Waals surface area contributed by atoms with Crippen LogP contribution in [0.3, 0.4) is 0 Å². The Balaban J connectivity index is 2.15. The first kappa shape index (κ1) is 14.2. The molecule has 0 saturated carbocycles. The Morgan fingerprint density at radius 3 is 2.70 bits per heavy atom. The quantitative estimate of drug-likeness (QED) is 0.859. The maximum Gasteiger partial charge on any atom is 0.373 e. The fourth-order valence-corrected chi connectivity index (χ4v) is 1.99. The minimum Gasteiger partial charge on any atom is -0.463 e. The smallest absolute Gasteiger partial charge is 0.373 e. The van der Waals surface area contributed by atoms with E-state index >= 15 is 0 Å². The molecule has 1 heterocycles. The summed E-state index contributed by atoms with van der Waals surface area (Å²) in [6.07, 6.45) is 0. The largest absolute Gasteiger partial charge is 0.463 e. The molecule has 0 aliphatic rings. The van der Waals surface area contributed by atoms with E-state index in [1.807, 2.05) is 6.92 Å². The number of benzene rings is 1. The van der Waals surface area contributed by atoms with E-state index in [2.05, 4.69) is 42.1 Å². The third kappa shape index (κ3) is 3.02. The normalized spacial score (nSPS) is 12.0. The lowest BCUT2D eigenvalue weighted by Gasteiger charge is -2.15. The van der Waals surface area contributed by atoms with Gasteiger partial charge >= 0.3 is 5.97 Å². The van der Waals surface area contributed by atoms with E-state index in [0.29, 0.717) is 5.76 Å². The molecule has 0 bridgehead atoms. The van der Waals surface area contributed by atoms with Crippen molar-refractivity contribution in [2.24, 2.45) is 0 Å². The van der Waals surface area contributed by atoms with Gasteiger partial charge in [0.25, 0.3) is 0 Å². The topological polar surface area (TPSA) is 51.5 Å². The summed E-state index contributed by atoms with van der Waals surface area (Å²) >= 11 is 0. The van der Waals surface area contributed by atoms with Gasteiger partial charge in [-0.25, -0.2) is 4.79 Å². The first-order valence-corrected chi connectivity index (χ1v) is 6.53. The van der Waals surface area contributed by atoms with E-state index in [-0.39, 0.29) is 11.8 Å². The molecule has 1 aromatic carbocycles. The minimum absolute atomic E-state index is 0.0334. The number of hydrogen-bond acceptors (Lipinski definition) is 4. The number of methoxy groups -OCH3 is 1.